The molecule has 0 radical (unpaired) electrons. The van der Waals surface area contributed by atoms with E-state index in [1.165, 1.54) is 6.92 Å². The van der Waals surface area contributed by atoms with Crippen LogP contribution in [0.25, 0.3) is 0 Å². The van der Waals surface area contributed by atoms with Crippen molar-refractivity contribution in [3.8, 4) is 0 Å². The first-order chi connectivity index (χ1) is 14.1. The molecule has 0 aliphatic carbocycles. The molecule has 0 rings (SSSR count). The van der Waals surface area contributed by atoms with Gasteiger partial charge in [-0.25, -0.2) is 0 Å². The summed E-state index contributed by atoms with van der Waals surface area (Å²) in [7, 11) is 0. The third-order valence-corrected chi connectivity index (χ3v) is 6.79. The van der Waals surface area contributed by atoms with Crippen LogP contribution in [-0.4, -0.2) is 122 Å². The number of hydrogen-bond donors (Lipinski definition) is 12. The van der Waals surface area contributed by atoms with Crippen LogP contribution in [0, 0.1) is 0 Å². The maximum atomic E-state index is 12.4. The molecule has 32 heavy (non-hydrogen) atoms. The Morgan fingerprint density at radius 3 is 1.19 bits per heavy atom. The van der Waals surface area contributed by atoms with Gasteiger partial charge in [-0.15, -0.1) is 0 Å². The topological polar surface area (TPSA) is 271 Å². The van der Waals surface area contributed by atoms with Gasteiger partial charge in [0.2, 0.25) is 0 Å². The summed E-state index contributed by atoms with van der Waals surface area (Å²) in [6.45, 7) is 5.27. The van der Waals surface area contributed by atoms with E-state index in [1.54, 1.807) is 0 Å². The van der Waals surface area contributed by atoms with Crippen molar-refractivity contribution >= 4 is 5.91 Å². The summed E-state index contributed by atoms with van der Waals surface area (Å²) >= 11 is 0. The van der Waals surface area contributed by atoms with Crippen LogP contribution in [0.1, 0.15) is 48.0 Å². The Hall–Kier alpha value is -0.970. The molecule has 0 aromatic heterocycles. The van der Waals surface area contributed by atoms with Gasteiger partial charge in [-0.05, 0) is 41.0 Å². The van der Waals surface area contributed by atoms with E-state index in [2.05, 4.69) is 0 Å². The Morgan fingerprint density at radius 1 is 0.688 bits per heavy atom. The summed E-state index contributed by atoms with van der Waals surface area (Å²) in [5.74, 6) is -1.79. The highest BCUT2D eigenvalue weighted by Crippen LogP contribution is 2.52. The van der Waals surface area contributed by atoms with Gasteiger partial charge in [0.1, 0.15) is 5.60 Å². The number of carbonyl (C=O) groups is 1. The second-order valence-corrected chi connectivity index (χ2v) is 8.65. The molecule has 13 nitrogen and oxygen atoms in total. The van der Waals surface area contributed by atoms with Crippen molar-refractivity contribution in [2.24, 2.45) is 11.5 Å². The van der Waals surface area contributed by atoms with Crippen LogP contribution in [-0.2, 0) is 4.79 Å². The molecule has 0 spiro atoms. The molecule has 0 fully saturated rings. The molecule has 0 aliphatic rings. The van der Waals surface area contributed by atoms with Crippen LogP contribution in [0.15, 0.2) is 0 Å². The fourth-order valence-electron chi connectivity index (χ4n) is 4.75. The molecule has 0 saturated carbocycles. The standard InChI is InChI=1S/C19H40N2O11/c1-7-13(20)16(29,14(21)27)18(31,11(5)25)19(32,12(6)26)17(30,10(4)24)15(28,8(2)22)9(3)23/h8-13,22-26,28-32H,7,20H2,1-6H3,(H2,21,27). The highest BCUT2D eigenvalue weighted by Gasteiger charge is 2.82. The molecule has 10 unspecified atom stereocenters. The minimum absolute atomic E-state index is 0.297. The van der Waals surface area contributed by atoms with Gasteiger partial charge in [-0.3, -0.25) is 4.79 Å². The van der Waals surface area contributed by atoms with Crippen molar-refractivity contribution < 1.29 is 55.9 Å². The molecule has 0 aromatic rings. The number of primary amides is 1. The average Bonchev–Trinajstić information content (AvgIpc) is 2.68. The summed E-state index contributed by atoms with van der Waals surface area (Å²) in [5, 5.41) is 110. The monoisotopic (exact) mass is 472 g/mol. The first kappa shape index (κ1) is 31.0. The lowest BCUT2D eigenvalue weighted by atomic mass is 9.51. The Morgan fingerprint density at radius 2 is 1.00 bits per heavy atom. The number of aliphatic hydroxyl groups excluding tert-OH is 5. The van der Waals surface area contributed by atoms with E-state index in [-0.39, 0.29) is 6.42 Å². The molecule has 0 bridgehead atoms. The number of hydrogen-bond acceptors (Lipinski definition) is 12. The van der Waals surface area contributed by atoms with E-state index in [1.807, 2.05) is 0 Å². The zero-order valence-electron chi connectivity index (χ0n) is 19.2. The molecular weight excluding hydrogens is 432 g/mol. The van der Waals surface area contributed by atoms with Gasteiger partial charge in [0.05, 0.1) is 30.5 Å². The number of amides is 1. The third-order valence-electron chi connectivity index (χ3n) is 6.79. The maximum Gasteiger partial charge on any atom is 0.254 e. The zero-order chi connectivity index (χ0) is 26.2. The van der Waals surface area contributed by atoms with E-state index >= 15 is 0 Å². The van der Waals surface area contributed by atoms with Gasteiger partial charge in [0.15, 0.2) is 22.4 Å². The minimum atomic E-state index is -3.89. The van der Waals surface area contributed by atoms with Crippen molar-refractivity contribution in [2.45, 2.75) is 113 Å². The predicted molar refractivity (Wildman–Crippen MR) is 111 cm³/mol. The molecule has 1 amide bonds. The fraction of sp³-hybridized carbons (Fsp3) is 0.947. The molecule has 0 saturated heterocycles. The van der Waals surface area contributed by atoms with Crippen LogP contribution in [0.3, 0.4) is 0 Å². The third kappa shape index (κ3) is 3.65. The molecule has 10 atom stereocenters. The van der Waals surface area contributed by atoms with Crippen molar-refractivity contribution in [3.63, 3.8) is 0 Å². The summed E-state index contributed by atoms with van der Waals surface area (Å²) in [5.41, 5.74) is -7.21. The lowest BCUT2D eigenvalue weighted by Gasteiger charge is -2.64. The quantitative estimate of drug-likeness (QED) is 0.127. The fourth-order valence-corrected chi connectivity index (χ4v) is 4.75. The Labute approximate surface area is 186 Å². The van der Waals surface area contributed by atoms with Crippen LogP contribution in [0.4, 0.5) is 0 Å². The molecule has 192 valence electrons. The summed E-state index contributed by atoms with van der Waals surface area (Å²) < 4.78 is 0. The summed E-state index contributed by atoms with van der Waals surface area (Å²) in [6.07, 6.45) is -12.0. The lowest BCUT2D eigenvalue weighted by Crippen LogP contribution is -2.92. The van der Waals surface area contributed by atoms with Gasteiger partial charge in [0.25, 0.3) is 5.91 Å². The van der Waals surface area contributed by atoms with Gasteiger partial charge in [-0.1, -0.05) is 6.92 Å². The van der Waals surface area contributed by atoms with Crippen LogP contribution < -0.4 is 11.5 Å². The number of nitrogens with two attached hydrogens (primary N) is 2. The highest BCUT2D eigenvalue weighted by atomic mass is 16.5. The lowest BCUT2D eigenvalue weighted by molar-refractivity contribution is -0.398. The smallest absolute Gasteiger partial charge is 0.254 e. The van der Waals surface area contributed by atoms with Crippen molar-refractivity contribution in [3.05, 3.63) is 0 Å². The Bertz CT molecular complexity index is 651. The van der Waals surface area contributed by atoms with E-state index in [9.17, 15) is 55.9 Å². The molecular formula is C19H40N2O11. The highest BCUT2D eigenvalue weighted by molar-refractivity contribution is 5.86. The van der Waals surface area contributed by atoms with Crippen LogP contribution in [0.2, 0.25) is 0 Å². The average molecular weight is 473 g/mol. The number of aliphatic hydroxyl groups is 10. The van der Waals surface area contributed by atoms with E-state index in [0.29, 0.717) is 0 Å². The molecule has 14 N–H and O–H groups in total. The van der Waals surface area contributed by atoms with E-state index in [0.717, 1.165) is 34.6 Å². The molecule has 0 aromatic carbocycles. The zero-order valence-corrected chi connectivity index (χ0v) is 19.2. The first-order valence-corrected chi connectivity index (χ1v) is 10.2. The summed E-state index contributed by atoms with van der Waals surface area (Å²) in [4.78, 5) is 12.4. The second kappa shape index (κ2) is 9.72. The number of rotatable bonds is 12. The summed E-state index contributed by atoms with van der Waals surface area (Å²) in [6, 6.07) is -1.82. The Balaban J connectivity index is 8.02. The van der Waals surface area contributed by atoms with Crippen molar-refractivity contribution in [1.82, 2.24) is 0 Å². The Kier molecular flexibility index (Phi) is 9.42. The molecule has 0 heterocycles. The SMILES string of the molecule is CCC(N)C(O)(C(N)=O)C(O)(C(C)O)C(O)(C(C)O)C(O)(C(C)O)C(O)(C(C)O)C(C)O. The van der Waals surface area contributed by atoms with Gasteiger partial charge in [0, 0.05) is 6.04 Å². The van der Waals surface area contributed by atoms with Crippen molar-refractivity contribution in [2.75, 3.05) is 0 Å². The van der Waals surface area contributed by atoms with Crippen LogP contribution >= 0.6 is 0 Å². The predicted octanol–water partition coefficient (Wildman–Crippen LogP) is -5.23. The maximum absolute atomic E-state index is 12.4. The van der Waals surface area contributed by atoms with Gasteiger partial charge < -0.3 is 62.5 Å². The van der Waals surface area contributed by atoms with Crippen LogP contribution in [0.5, 0.6) is 0 Å². The molecule has 13 heteroatoms. The van der Waals surface area contributed by atoms with E-state index in [4.69, 9.17) is 11.5 Å². The first-order valence-electron chi connectivity index (χ1n) is 10.2. The molecule has 0 aliphatic heterocycles. The minimum Gasteiger partial charge on any atom is -0.390 e. The van der Waals surface area contributed by atoms with Gasteiger partial charge >= 0.3 is 0 Å². The van der Waals surface area contributed by atoms with E-state index < -0.39 is 70.5 Å². The normalized spacial score (nSPS) is 27.8. The number of carbonyl (C=O) groups excluding carboxylic acids is 1. The van der Waals surface area contributed by atoms with Gasteiger partial charge in [-0.2, -0.15) is 0 Å². The largest absolute Gasteiger partial charge is 0.390 e. The van der Waals surface area contributed by atoms with Crippen molar-refractivity contribution in [1.29, 1.82) is 0 Å². The second-order valence-electron chi connectivity index (χ2n) is 8.65.